The van der Waals surface area contributed by atoms with Crippen molar-refractivity contribution in [2.75, 3.05) is 13.1 Å². The molecule has 1 amide bonds. The fraction of sp³-hybridized carbons (Fsp3) is 0.409. The Bertz CT molecular complexity index is 1040. The summed E-state index contributed by atoms with van der Waals surface area (Å²) in [5.74, 6) is -0.460. The van der Waals surface area contributed by atoms with Crippen molar-refractivity contribution in [2.24, 2.45) is 16.6 Å². The normalized spacial score (nSPS) is 24.1. The van der Waals surface area contributed by atoms with Crippen molar-refractivity contribution in [2.45, 2.75) is 33.6 Å². The lowest BCUT2D eigenvalue weighted by Crippen LogP contribution is -2.42. The maximum Gasteiger partial charge on any atom is 0.255 e. The number of carbonyl (C=O) groups excluding carboxylic acids is 2. The van der Waals surface area contributed by atoms with Gasteiger partial charge in [0.2, 0.25) is 0 Å². The van der Waals surface area contributed by atoms with Crippen molar-refractivity contribution in [3.63, 3.8) is 0 Å². The molecule has 2 heterocycles. The Kier molecular flexibility index (Phi) is 4.07. The first-order valence-electron chi connectivity index (χ1n) is 9.50. The second-order valence-electron chi connectivity index (χ2n) is 8.79. The van der Waals surface area contributed by atoms with Crippen LogP contribution in [0.25, 0.3) is 10.9 Å². The Hall–Kier alpha value is -2.76. The number of aryl methyl sites for hydroxylation is 1. The molecule has 0 unspecified atom stereocenters. The second kappa shape index (κ2) is 6.12. The molecule has 0 bridgehead atoms. The van der Waals surface area contributed by atoms with E-state index in [2.05, 4.69) is 4.98 Å². The quantitative estimate of drug-likeness (QED) is 0.822. The van der Waals surface area contributed by atoms with Crippen molar-refractivity contribution < 1.29 is 14.0 Å². The molecule has 5 nitrogen and oxygen atoms in total. The van der Waals surface area contributed by atoms with Crippen molar-refractivity contribution in [1.29, 1.82) is 0 Å². The third-order valence-corrected chi connectivity index (χ3v) is 6.01. The number of hydrogen-bond donors (Lipinski definition) is 1. The molecular formula is C22H24FN3O2. The molecule has 28 heavy (non-hydrogen) atoms. The number of halogens is 1. The zero-order chi connectivity index (χ0) is 20.3. The number of ketones is 1. The summed E-state index contributed by atoms with van der Waals surface area (Å²) in [6, 6.07) is 6.16. The lowest BCUT2D eigenvalue weighted by atomic mass is 9.65. The molecule has 1 fully saturated rings. The van der Waals surface area contributed by atoms with Gasteiger partial charge in [0.25, 0.3) is 5.91 Å². The maximum absolute atomic E-state index is 13.4. The number of nitrogens with two attached hydrogens (primary N) is 1. The van der Waals surface area contributed by atoms with E-state index < -0.39 is 5.41 Å². The average Bonchev–Trinajstić information content (AvgIpc) is 3.01. The smallest absolute Gasteiger partial charge is 0.255 e. The first kappa shape index (κ1) is 18.6. The van der Waals surface area contributed by atoms with Gasteiger partial charge < -0.3 is 10.6 Å². The number of allylic oxidation sites excluding steroid dienone is 1. The molecule has 6 heteroatoms. The minimum Gasteiger partial charge on any atom is -0.396 e. The van der Waals surface area contributed by atoms with Crippen LogP contribution in [0.3, 0.4) is 0 Å². The van der Waals surface area contributed by atoms with Crippen LogP contribution in [0.2, 0.25) is 0 Å². The predicted molar refractivity (Wildman–Crippen MR) is 105 cm³/mol. The lowest BCUT2D eigenvalue weighted by Gasteiger charge is -2.39. The van der Waals surface area contributed by atoms with E-state index in [9.17, 15) is 14.0 Å². The minimum atomic E-state index is -0.525. The highest BCUT2D eigenvalue weighted by Gasteiger charge is 2.48. The molecule has 1 saturated heterocycles. The molecule has 2 aromatic rings. The van der Waals surface area contributed by atoms with E-state index in [0.717, 1.165) is 11.8 Å². The fourth-order valence-electron chi connectivity index (χ4n) is 4.75. The molecule has 4 rings (SSSR count). The number of Topliss-reactive ketones (excluding diaryl/α,β-unsaturated/α-hetero) is 1. The van der Waals surface area contributed by atoms with E-state index in [-0.39, 0.29) is 22.9 Å². The van der Waals surface area contributed by atoms with Crippen LogP contribution in [0.1, 0.15) is 42.7 Å². The molecule has 1 aliphatic carbocycles. The standard InChI is InChI=1S/C22H24FN3O2/c1-13-16(8-14-4-5-15(23)9-18(14)25-13)20(28)26-7-6-22(12-26)10-17(24)19(27)21(2,3)11-22/h4-5,8-10H,6-7,11-12,24H2,1-3H3/t22-/m0/s1. The van der Waals surface area contributed by atoms with Gasteiger partial charge in [0.1, 0.15) is 5.82 Å². The summed E-state index contributed by atoms with van der Waals surface area (Å²) in [5, 5.41) is 0.734. The van der Waals surface area contributed by atoms with Crippen LogP contribution in [-0.2, 0) is 4.79 Å². The van der Waals surface area contributed by atoms with Gasteiger partial charge in [0.05, 0.1) is 22.5 Å². The molecule has 1 atom stereocenters. The van der Waals surface area contributed by atoms with Gasteiger partial charge in [0, 0.05) is 35.4 Å². The van der Waals surface area contributed by atoms with Crippen LogP contribution in [0.5, 0.6) is 0 Å². The Labute approximate surface area is 163 Å². The van der Waals surface area contributed by atoms with Gasteiger partial charge >= 0.3 is 0 Å². The lowest BCUT2D eigenvalue weighted by molar-refractivity contribution is -0.125. The van der Waals surface area contributed by atoms with Crippen LogP contribution in [0.4, 0.5) is 4.39 Å². The first-order chi connectivity index (χ1) is 13.1. The SMILES string of the molecule is Cc1nc2cc(F)ccc2cc1C(=O)N1CC[C@@]2(C=C(N)C(=O)C(C)(C)C2)C1. The minimum absolute atomic E-state index is 0.0234. The monoisotopic (exact) mass is 381 g/mol. The third-order valence-electron chi connectivity index (χ3n) is 6.01. The van der Waals surface area contributed by atoms with Crippen molar-refractivity contribution >= 4 is 22.6 Å². The highest BCUT2D eigenvalue weighted by atomic mass is 19.1. The van der Waals surface area contributed by atoms with Gasteiger partial charge in [-0.3, -0.25) is 14.6 Å². The first-order valence-corrected chi connectivity index (χ1v) is 9.50. The highest BCUT2D eigenvalue weighted by molar-refractivity contribution is 6.00. The number of aromatic nitrogens is 1. The number of likely N-dealkylation sites (tertiary alicyclic amines) is 1. The molecule has 1 aliphatic heterocycles. The number of rotatable bonds is 1. The molecule has 2 N–H and O–H groups in total. The maximum atomic E-state index is 13.4. The van der Waals surface area contributed by atoms with Crippen molar-refractivity contribution in [1.82, 2.24) is 9.88 Å². The van der Waals surface area contributed by atoms with Gasteiger partial charge in [-0.2, -0.15) is 0 Å². The molecular weight excluding hydrogens is 357 g/mol. The molecule has 146 valence electrons. The summed E-state index contributed by atoms with van der Waals surface area (Å²) in [6.07, 6.45) is 3.32. The summed E-state index contributed by atoms with van der Waals surface area (Å²) in [4.78, 5) is 31.7. The Morgan fingerprint density at radius 1 is 1.29 bits per heavy atom. The van der Waals surface area contributed by atoms with Gasteiger partial charge in [0.15, 0.2) is 5.78 Å². The Morgan fingerprint density at radius 3 is 2.75 bits per heavy atom. The van der Waals surface area contributed by atoms with Crippen LogP contribution in [0.15, 0.2) is 36.0 Å². The van der Waals surface area contributed by atoms with E-state index in [4.69, 9.17) is 5.73 Å². The van der Waals surface area contributed by atoms with Gasteiger partial charge in [-0.05, 0) is 44.0 Å². The number of amides is 1. The number of carbonyl (C=O) groups is 2. The Morgan fingerprint density at radius 2 is 2.04 bits per heavy atom. The molecule has 1 spiro atoms. The summed E-state index contributed by atoms with van der Waals surface area (Å²) in [5.41, 5.74) is 7.16. The van der Waals surface area contributed by atoms with Gasteiger partial charge in [-0.25, -0.2) is 4.39 Å². The summed E-state index contributed by atoms with van der Waals surface area (Å²) >= 11 is 0. The van der Waals surface area contributed by atoms with Crippen LogP contribution < -0.4 is 5.73 Å². The second-order valence-corrected chi connectivity index (χ2v) is 8.79. The van der Waals surface area contributed by atoms with E-state index in [1.54, 1.807) is 19.1 Å². The highest BCUT2D eigenvalue weighted by Crippen LogP contribution is 2.47. The van der Waals surface area contributed by atoms with E-state index in [0.29, 0.717) is 42.0 Å². The molecule has 1 aromatic carbocycles. The van der Waals surface area contributed by atoms with E-state index in [1.165, 1.54) is 12.1 Å². The molecule has 2 aliphatic rings. The van der Waals surface area contributed by atoms with Crippen molar-refractivity contribution in [3.05, 3.63) is 53.1 Å². The number of pyridine rings is 1. The van der Waals surface area contributed by atoms with Crippen LogP contribution in [0, 0.1) is 23.6 Å². The summed E-state index contributed by atoms with van der Waals surface area (Å²) in [7, 11) is 0. The molecule has 0 saturated carbocycles. The predicted octanol–water partition coefficient (Wildman–Crippen LogP) is 3.36. The average molecular weight is 381 g/mol. The number of benzene rings is 1. The van der Waals surface area contributed by atoms with Gasteiger partial charge in [-0.1, -0.05) is 13.8 Å². The van der Waals surface area contributed by atoms with E-state index in [1.807, 2.05) is 24.8 Å². The van der Waals surface area contributed by atoms with Crippen molar-refractivity contribution in [3.8, 4) is 0 Å². The summed E-state index contributed by atoms with van der Waals surface area (Å²) in [6.45, 7) is 6.73. The summed E-state index contributed by atoms with van der Waals surface area (Å²) < 4.78 is 13.4. The molecule has 1 aromatic heterocycles. The largest absolute Gasteiger partial charge is 0.396 e. The third kappa shape index (κ3) is 2.97. The van der Waals surface area contributed by atoms with E-state index >= 15 is 0 Å². The van der Waals surface area contributed by atoms with Crippen LogP contribution in [-0.4, -0.2) is 34.7 Å². The molecule has 0 radical (unpaired) electrons. The topological polar surface area (TPSA) is 76.3 Å². The fourth-order valence-corrected chi connectivity index (χ4v) is 4.75. The van der Waals surface area contributed by atoms with Crippen LogP contribution >= 0.6 is 0 Å². The zero-order valence-electron chi connectivity index (χ0n) is 16.4. The van der Waals surface area contributed by atoms with Gasteiger partial charge in [-0.15, -0.1) is 0 Å². The number of fused-ring (bicyclic) bond motifs is 1. The number of nitrogens with zero attached hydrogens (tertiary/aromatic N) is 2. The number of hydrogen-bond acceptors (Lipinski definition) is 4. The zero-order valence-corrected chi connectivity index (χ0v) is 16.4. The Balaban J connectivity index is 1.64.